The van der Waals surface area contributed by atoms with Gasteiger partial charge in [-0.2, -0.15) is 0 Å². The molecule has 1 fully saturated rings. The Balaban J connectivity index is 1.99. The maximum Gasteiger partial charge on any atom is 0.227 e. The molecule has 66 valence electrons. The van der Waals surface area contributed by atoms with Crippen LogP contribution in [0.25, 0.3) is 0 Å². The monoisotopic (exact) mass is 184 g/mol. The first-order valence-electron chi connectivity index (χ1n) is 4.26. The summed E-state index contributed by atoms with van der Waals surface area (Å²) < 4.78 is 3.76. The molecular weight excluding hydrogens is 172 g/mol. The summed E-state index contributed by atoms with van der Waals surface area (Å²) >= 11 is 1.38. The van der Waals surface area contributed by atoms with Crippen molar-refractivity contribution in [1.82, 2.24) is 14.8 Å². The van der Waals surface area contributed by atoms with E-state index >= 15 is 0 Å². The van der Waals surface area contributed by atoms with Crippen LogP contribution >= 0.6 is 11.5 Å². The molecule has 5 heteroatoms. The van der Waals surface area contributed by atoms with Gasteiger partial charge in [0.2, 0.25) is 5.13 Å². The summed E-state index contributed by atoms with van der Waals surface area (Å²) in [5.41, 5.74) is 0. The van der Waals surface area contributed by atoms with Gasteiger partial charge in [0.15, 0.2) is 0 Å². The van der Waals surface area contributed by atoms with Gasteiger partial charge in [-0.25, -0.2) is 0 Å². The summed E-state index contributed by atoms with van der Waals surface area (Å²) in [6.07, 6.45) is 2.53. The molecule has 1 saturated heterocycles. The third-order valence-corrected chi connectivity index (χ3v) is 3.00. The summed E-state index contributed by atoms with van der Waals surface area (Å²) in [6.45, 7) is 4.52. The van der Waals surface area contributed by atoms with Crippen LogP contribution in [0, 0.1) is 5.92 Å². The summed E-state index contributed by atoms with van der Waals surface area (Å²) in [4.78, 5) is 2.27. The average Bonchev–Trinajstić information content (AvgIpc) is 2.58. The van der Waals surface area contributed by atoms with Gasteiger partial charge in [-0.3, -0.25) is 0 Å². The highest BCUT2D eigenvalue weighted by Gasteiger charge is 2.17. The van der Waals surface area contributed by atoms with Gasteiger partial charge in [-0.15, -0.1) is 0 Å². The predicted molar refractivity (Wildman–Crippen MR) is 48.3 cm³/mol. The molecule has 0 spiro atoms. The maximum atomic E-state index is 3.95. The first kappa shape index (κ1) is 7.91. The fourth-order valence-electron chi connectivity index (χ4n) is 1.45. The normalized spacial score (nSPS) is 19.9. The van der Waals surface area contributed by atoms with E-state index in [1.807, 2.05) is 0 Å². The van der Waals surface area contributed by atoms with Crippen molar-refractivity contribution in [1.29, 1.82) is 0 Å². The van der Waals surface area contributed by atoms with Crippen LogP contribution in [0.3, 0.4) is 0 Å². The molecular formula is C7H12N4S. The molecule has 1 aliphatic rings. The largest absolute Gasteiger partial charge is 0.345 e. The van der Waals surface area contributed by atoms with Gasteiger partial charge in [0.05, 0.1) is 0 Å². The third kappa shape index (κ3) is 1.55. The van der Waals surface area contributed by atoms with Crippen molar-refractivity contribution < 1.29 is 0 Å². The van der Waals surface area contributed by atoms with Crippen molar-refractivity contribution in [3.05, 3.63) is 0 Å². The Morgan fingerprint density at radius 3 is 2.75 bits per heavy atom. The maximum absolute atomic E-state index is 3.95. The molecule has 12 heavy (non-hydrogen) atoms. The Morgan fingerprint density at radius 2 is 2.17 bits per heavy atom. The van der Waals surface area contributed by atoms with E-state index in [1.54, 1.807) is 0 Å². The molecule has 0 aromatic carbocycles. The van der Waals surface area contributed by atoms with Crippen LogP contribution in [-0.4, -0.2) is 27.9 Å². The van der Waals surface area contributed by atoms with E-state index in [0.717, 1.165) is 24.1 Å². The number of piperidine rings is 1. The minimum absolute atomic E-state index is 0.863. The van der Waals surface area contributed by atoms with Crippen molar-refractivity contribution in [2.24, 2.45) is 5.92 Å². The van der Waals surface area contributed by atoms with Crippen LogP contribution in [0.4, 0.5) is 5.13 Å². The first-order chi connectivity index (χ1) is 5.86. The second-order valence-electron chi connectivity index (χ2n) is 3.31. The van der Waals surface area contributed by atoms with Crippen LogP contribution in [-0.2, 0) is 0 Å². The van der Waals surface area contributed by atoms with Crippen molar-refractivity contribution >= 4 is 16.7 Å². The second-order valence-corrected chi connectivity index (χ2v) is 4.03. The van der Waals surface area contributed by atoms with E-state index in [1.165, 1.54) is 24.4 Å². The first-order valence-corrected chi connectivity index (χ1v) is 5.03. The highest BCUT2D eigenvalue weighted by Crippen LogP contribution is 2.22. The zero-order valence-corrected chi connectivity index (χ0v) is 7.92. The molecule has 0 radical (unpaired) electrons. The lowest BCUT2D eigenvalue weighted by molar-refractivity contribution is 0.437. The van der Waals surface area contributed by atoms with Crippen LogP contribution in [0.1, 0.15) is 19.8 Å². The Kier molecular flexibility index (Phi) is 2.21. The third-order valence-electron chi connectivity index (χ3n) is 2.34. The van der Waals surface area contributed by atoms with Gasteiger partial charge >= 0.3 is 0 Å². The molecule has 0 N–H and O–H groups in total. The SMILES string of the molecule is CC1CCN(c2nnns2)CC1. The van der Waals surface area contributed by atoms with Crippen LogP contribution < -0.4 is 4.90 Å². The molecule has 0 unspecified atom stereocenters. The smallest absolute Gasteiger partial charge is 0.227 e. The summed E-state index contributed by atoms with van der Waals surface area (Å²) in [6, 6.07) is 0. The lowest BCUT2D eigenvalue weighted by atomic mass is 10.00. The van der Waals surface area contributed by atoms with E-state index in [9.17, 15) is 0 Å². The van der Waals surface area contributed by atoms with Crippen molar-refractivity contribution in [3.63, 3.8) is 0 Å². The van der Waals surface area contributed by atoms with Crippen molar-refractivity contribution in [2.75, 3.05) is 18.0 Å². The number of rotatable bonds is 1. The summed E-state index contributed by atoms with van der Waals surface area (Å²) in [5.74, 6) is 0.863. The Bertz CT molecular complexity index is 228. The number of anilines is 1. The van der Waals surface area contributed by atoms with Gasteiger partial charge in [0.25, 0.3) is 0 Å². The van der Waals surface area contributed by atoms with E-state index in [4.69, 9.17) is 0 Å². The molecule has 0 atom stereocenters. The average molecular weight is 184 g/mol. The molecule has 4 nitrogen and oxygen atoms in total. The number of nitrogens with zero attached hydrogens (tertiary/aromatic N) is 4. The van der Waals surface area contributed by atoms with Crippen LogP contribution in [0.2, 0.25) is 0 Å². The molecule has 2 heterocycles. The van der Waals surface area contributed by atoms with Gasteiger partial charge in [0, 0.05) is 24.6 Å². The van der Waals surface area contributed by atoms with E-state index < -0.39 is 0 Å². The quantitative estimate of drug-likeness (QED) is 0.657. The Morgan fingerprint density at radius 1 is 1.42 bits per heavy atom. The highest BCUT2D eigenvalue weighted by atomic mass is 32.1. The molecule has 0 saturated carbocycles. The minimum atomic E-state index is 0.863. The van der Waals surface area contributed by atoms with Crippen LogP contribution in [0.5, 0.6) is 0 Å². The topological polar surface area (TPSA) is 41.9 Å². The number of hydrogen-bond acceptors (Lipinski definition) is 5. The zero-order chi connectivity index (χ0) is 8.39. The van der Waals surface area contributed by atoms with E-state index in [2.05, 4.69) is 26.6 Å². The van der Waals surface area contributed by atoms with Gasteiger partial charge in [-0.1, -0.05) is 16.5 Å². The number of aromatic nitrogens is 3. The van der Waals surface area contributed by atoms with Crippen molar-refractivity contribution in [3.8, 4) is 0 Å². The summed E-state index contributed by atoms with van der Waals surface area (Å²) in [7, 11) is 0. The fraction of sp³-hybridized carbons (Fsp3) is 0.857. The molecule has 0 aliphatic carbocycles. The van der Waals surface area contributed by atoms with Gasteiger partial charge in [-0.05, 0) is 24.0 Å². The van der Waals surface area contributed by atoms with E-state index in [0.29, 0.717) is 0 Å². The fourth-order valence-corrected chi connectivity index (χ4v) is 1.97. The molecule has 2 rings (SSSR count). The Labute approximate surface area is 75.8 Å². The Hall–Kier alpha value is -0.710. The predicted octanol–water partition coefficient (Wildman–Crippen LogP) is 1.17. The highest BCUT2D eigenvalue weighted by molar-refractivity contribution is 7.09. The molecule has 0 bridgehead atoms. The zero-order valence-electron chi connectivity index (χ0n) is 7.10. The lowest BCUT2D eigenvalue weighted by Gasteiger charge is -2.28. The second kappa shape index (κ2) is 3.35. The van der Waals surface area contributed by atoms with Gasteiger partial charge in [0.1, 0.15) is 0 Å². The van der Waals surface area contributed by atoms with E-state index in [-0.39, 0.29) is 0 Å². The van der Waals surface area contributed by atoms with Gasteiger partial charge < -0.3 is 4.90 Å². The molecule has 0 amide bonds. The molecule has 1 aliphatic heterocycles. The lowest BCUT2D eigenvalue weighted by Crippen LogP contribution is -2.32. The number of hydrogen-bond donors (Lipinski definition) is 0. The standard InChI is InChI=1S/C7H12N4S/c1-6-2-4-11(5-3-6)7-8-9-10-12-7/h6H,2-5H2,1H3. The summed E-state index contributed by atoms with van der Waals surface area (Å²) in [5, 5.41) is 8.52. The van der Waals surface area contributed by atoms with Crippen LogP contribution in [0.15, 0.2) is 0 Å². The molecule has 1 aromatic heterocycles. The minimum Gasteiger partial charge on any atom is -0.345 e. The molecule has 1 aromatic rings. The van der Waals surface area contributed by atoms with Crippen molar-refractivity contribution in [2.45, 2.75) is 19.8 Å².